The standard InChI is InChI=1S/C17H17N5O5S2/c23-28(24,21-10-1-2-11-21)16-6-8-17(9-7-16)29(25,26)27-15-5-3-4-14(12-15)22-13-18-19-20-22/h3-9,12-13H,1-2,10-11H2. The van der Waals surface area contributed by atoms with Crippen molar-refractivity contribution in [2.75, 3.05) is 13.1 Å². The Balaban J connectivity index is 1.56. The monoisotopic (exact) mass is 435 g/mol. The minimum atomic E-state index is -4.15. The van der Waals surface area contributed by atoms with Crippen molar-refractivity contribution in [1.82, 2.24) is 24.5 Å². The molecule has 1 aliphatic rings. The Morgan fingerprint density at radius 1 is 0.897 bits per heavy atom. The van der Waals surface area contributed by atoms with Gasteiger partial charge in [-0.2, -0.15) is 12.7 Å². The number of nitrogens with zero attached hydrogens (tertiary/aromatic N) is 5. The van der Waals surface area contributed by atoms with Crippen LogP contribution >= 0.6 is 0 Å². The van der Waals surface area contributed by atoms with Crippen LogP contribution in [0.25, 0.3) is 5.69 Å². The Kier molecular flexibility index (Phi) is 5.06. The maximum Gasteiger partial charge on any atom is 0.339 e. The van der Waals surface area contributed by atoms with Crippen LogP contribution in [0.4, 0.5) is 0 Å². The van der Waals surface area contributed by atoms with Crippen LogP contribution in [0, 0.1) is 0 Å². The Labute approximate surface area is 167 Å². The van der Waals surface area contributed by atoms with Crippen molar-refractivity contribution in [2.24, 2.45) is 0 Å². The summed E-state index contributed by atoms with van der Waals surface area (Å²) in [5.41, 5.74) is 0.523. The van der Waals surface area contributed by atoms with Gasteiger partial charge < -0.3 is 4.18 Å². The molecule has 0 spiro atoms. The molecule has 12 heteroatoms. The van der Waals surface area contributed by atoms with Gasteiger partial charge in [-0.3, -0.25) is 0 Å². The largest absolute Gasteiger partial charge is 0.379 e. The molecule has 0 N–H and O–H groups in total. The lowest BCUT2D eigenvalue weighted by Gasteiger charge is -2.15. The number of sulfonamides is 1. The van der Waals surface area contributed by atoms with E-state index in [9.17, 15) is 16.8 Å². The van der Waals surface area contributed by atoms with Gasteiger partial charge in [0.2, 0.25) is 10.0 Å². The second kappa shape index (κ2) is 7.54. The van der Waals surface area contributed by atoms with E-state index in [0.717, 1.165) is 12.8 Å². The molecule has 1 aliphatic heterocycles. The smallest absolute Gasteiger partial charge is 0.339 e. The molecular weight excluding hydrogens is 418 g/mol. The first kappa shape index (κ1) is 19.5. The highest BCUT2D eigenvalue weighted by Crippen LogP contribution is 2.24. The first-order valence-electron chi connectivity index (χ1n) is 8.74. The topological polar surface area (TPSA) is 124 Å². The van der Waals surface area contributed by atoms with Crippen LogP contribution in [0.1, 0.15) is 12.8 Å². The molecule has 0 aliphatic carbocycles. The molecule has 3 aromatic rings. The molecule has 4 rings (SSSR count). The number of benzene rings is 2. The predicted octanol–water partition coefficient (Wildman–Crippen LogP) is 1.21. The van der Waals surface area contributed by atoms with Crippen LogP contribution in [0.5, 0.6) is 5.75 Å². The van der Waals surface area contributed by atoms with Gasteiger partial charge in [0.05, 0.1) is 10.6 Å². The average Bonchev–Trinajstić information content (AvgIpc) is 3.42. The van der Waals surface area contributed by atoms with Crippen molar-refractivity contribution >= 4 is 20.1 Å². The summed E-state index contributed by atoms with van der Waals surface area (Å²) in [6, 6.07) is 11.3. The summed E-state index contributed by atoms with van der Waals surface area (Å²) in [6.07, 6.45) is 3.01. The zero-order chi connectivity index (χ0) is 20.5. The van der Waals surface area contributed by atoms with Gasteiger partial charge in [-0.05, 0) is 59.7 Å². The van der Waals surface area contributed by atoms with Gasteiger partial charge in [0.25, 0.3) is 0 Å². The van der Waals surface area contributed by atoms with E-state index in [2.05, 4.69) is 15.5 Å². The lowest BCUT2D eigenvalue weighted by molar-refractivity contribution is 0.476. The van der Waals surface area contributed by atoms with E-state index in [1.165, 1.54) is 51.7 Å². The summed E-state index contributed by atoms with van der Waals surface area (Å²) in [5, 5.41) is 10.8. The summed E-state index contributed by atoms with van der Waals surface area (Å²) in [4.78, 5) is -0.0928. The Bertz CT molecular complexity index is 1200. The van der Waals surface area contributed by atoms with Crippen molar-refractivity contribution in [1.29, 1.82) is 0 Å². The Hall–Kier alpha value is -2.83. The predicted molar refractivity (Wildman–Crippen MR) is 101 cm³/mol. The molecule has 29 heavy (non-hydrogen) atoms. The number of aromatic nitrogens is 4. The van der Waals surface area contributed by atoms with Crippen LogP contribution < -0.4 is 4.18 Å². The quantitative estimate of drug-likeness (QED) is 0.529. The van der Waals surface area contributed by atoms with E-state index >= 15 is 0 Å². The summed E-state index contributed by atoms with van der Waals surface area (Å²) in [7, 11) is -7.76. The van der Waals surface area contributed by atoms with E-state index < -0.39 is 20.1 Å². The van der Waals surface area contributed by atoms with Gasteiger partial charge >= 0.3 is 10.1 Å². The van der Waals surface area contributed by atoms with Crippen molar-refractivity contribution in [3.8, 4) is 11.4 Å². The molecule has 0 bridgehead atoms. The van der Waals surface area contributed by atoms with Gasteiger partial charge in [0, 0.05) is 19.2 Å². The first-order valence-corrected chi connectivity index (χ1v) is 11.6. The molecule has 0 saturated carbocycles. The van der Waals surface area contributed by atoms with Crippen molar-refractivity contribution in [2.45, 2.75) is 22.6 Å². The lowest BCUT2D eigenvalue weighted by Crippen LogP contribution is -2.27. The molecule has 0 unspecified atom stereocenters. The van der Waals surface area contributed by atoms with E-state index in [1.807, 2.05) is 0 Å². The SMILES string of the molecule is O=S(=O)(Oc1cccc(-n2cnnn2)c1)c1ccc(S(=O)(=O)N2CCCC2)cc1. The maximum atomic E-state index is 12.6. The van der Waals surface area contributed by atoms with Crippen LogP contribution in [-0.4, -0.2) is 54.4 Å². The lowest BCUT2D eigenvalue weighted by atomic mass is 10.3. The van der Waals surface area contributed by atoms with Gasteiger partial charge in [0.15, 0.2) is 0 Å². The highest BCUT2D eigenvalue weighted by Gasteiger charge is 2.27. The van der Waals surface area contributed by atoms with Crippen LogP contribution in [0.15, 0.2) is 64.6 Å². The fraction of sp³-hybridized carbons (Fsp3) is 0.235. The highest BCUT2D eigenvalue weighted by molar-refractivity contribution is 7.89. The summed E-state index contributed by atoms with van der Waals surface area (Å²) in [6.45, 7) is 0.951. The fourth-order valence-corrected chi connectivity index (χ4v) is 5.43. The van der Waals surface area contributed by atoms with Gasteiger partial charge in [-0.15, -0.1) is 5.10 Å². The molecule has 1 saturated heterocycles. The van der Waals surface area contributed by atoms with Crippen molar-refractivity contribution < 1.29 is 21.0 Å². The molecule has 2 heterocycles. The van der Waals surface area contributed by atoms with Crippen LogP contribution in [0.3, 0.4) is 0 Å². The highest BCUT2D eigenvalue weighted by atomic mass is 32.2. The second-order valence-electron chi connectivity index (χ2n) is 6.37. The third-order valence-corrected chi connectivity index (χ3v) is 7.63. The second-order valence-corrected chi connectivity index (χ2v) is 9.86. The fourth-order valence-electron chi connectivity index (χ4n) is 2.99. The average molecular weight is 435 g/mol. The van der Waals surface area contributed by atoms with Gasteiger partial charge in [-0.25, -0.2) is 13.1 Å². The zero-order valence-electron chi connectivity index (χ0n) is 15.1. The molecule has 0 atom stereocenters. The third-order valence-electron chi connectivity index (χ3n) is 4.45. The summed E-state index contributed by atoms with van der Waals surface area (Å²) < 4.78 is 58.2. The molecule has 10 nitrogen and oxygen atoms in total. The first-order chi connectivity index (χ1) is 13.9. The molecular formula is C17H17N5O5S2. The zero-order valence-corrected chi connectivity index (χ0v) is 16.8. The number of tetrazole rings is 1. The molecule has 1 fully saturated rings. The Morgan fingerprint density at radius 2 is 1.59 bits per heavy atom. The molecule has 1 aromatic heterocycles. The van der Waals surface area contributed by atoms with E-state index in [0.29, 0.717) is 18.8 Å². The normalized spacial score (nSPS) is 15.4. The molecule has 2 aromatic carbocycles. The van der Waals surface area contributed by atoms with E-state index in [-0.39, 0.29) is 15.5 Å². The van der Waals surface area contributed by atoms with Gasteiger partial charge in [-0.1, -0.05) is 6.07 Å². The molecule has 152 valence electrons. The molecule has 0 amide bonds. The van der Waals surface area contributed by atoms with Crippen LogP contribution in [-0.2, 0) is 20.1 Å². The van der Waals surface area contributed by atoms with E-state index in [4.69, 9.17) is 4.18 Å². The summed E-state index contributed by atoms with van der Waals surface area (Å²) >= 11 is 0. The minimum absolute atomic E-state index is 0.0547. The maximum absolute atomic E-state index is 12.6. The van der Waals surface area contributed by atoms with Crippen molar-refractivity contribution in [3.63, 3.8) is 0 Å². The number of hydrogen-bond donors (Lipinski definition) is 0. The molecule has 0 radical (unpaired) electrons. The minimum Gasteiger partial charge on any atom is -0.379 e. The number of hydrogen-bond acceptors (Lipinski definition) is 8. The summed E-state index contributed by atoms with van der Waals surface area (Å²) in [5.74, 6) is 0.0757. The third kappa shape index (κ3) is 3.99. The van der Waals surface area contributed by atoms with Crippen molar-refractivity contribution in [3.05, 3.63) is 54.9 Å². The van der Waals surface area contributed by atoms with Crippen LogP contribution in [0.2, 0.25) is 0 Å². The Morgan fingerprint density at radius 3 is 2.24 bits per heavy atom. The van der Waals surface area contributed by atoms with E-state index in [1.54, 1.807) is 12.1 Å². The van der Waals surface area contributed by atoms with Gasteiger partial charge in [0.1, 0.15) is 17.0 Å². The number of rotatable bonds is 6.